The van der Waals surface area contributed by atoms with Gasteiger partial charge in [0.25, 0.3) is 0 Å². The first kappa shape index (κ1) is 22.9. The summed E-state index contributed by atoms with van der Waals surface area (Å²) in [4.78, 5) is 25.4. The van der Waals surface area contributed by atoms with Crippen molar-refractivity contribution in [1.82, 2.24) is 0 Å². The molecule has 0 saturated carbocycles. The molecule has 0 aliphatic rings. The predicted octanol–water partition coefficient (Wildman–Crippen LogP) is 6.36. The lowest BCUT2D eigenvalue weighted by atomic mass is 10.0. The van der Waals surface area contributed by atoms with Crippen molar-refractivity contribution in [2.45, 2.75) is 13.5 Å². The lowest BCUT2D eigenvalue weighted by Crippen LogP contribution is -2.07. The maximum atomic E-state index is 14.2. The van der Waals surface area contributed by atoms with E-state index in [1.165, 1.54) is 19.2 Å². The lowest BCUT2D eigenvalue weighted by Gasteiger charge is -2.13. The molecule has 2 heterocycles. The van der Waals surface area contributed by atoms with Gasteiger partial charge in [0.15, 0.2) is 11.3 Å². The molecule has 176 valence electrons. The number of rotatable bonds is 5. The molecule has 6 nitrogen and oxygen atoms in total. The average molecular weight is 537 g/mol. The maximum absolute atomic E-state index is 14.2. The molecule has 0 amide bonds. The van der Waals surface area contributed by atoms with Crippen LogP contribution in [0, 0.1) is 12.7 Å². The molecule has 3 aromatic carbocycles. The smallest absolute Gasteiger partial charge is 0.344 e. The fourth-order valence-corrected chi connectivity index (χ4v) is 4.32. The SMILES string of the molecule is COc1cccc2cc(-c3cc(=O)oc4c(C)c(OCc5ccc(Br)cc5F)ccc34)c(=O)oc12. The number of halogens is 2. The monoisotopic (exact) mass is 536 g/mol. The molecule has 8 heteroatoms. The molecule has 0 radical (unpaired) electrons. The van der Waals surface area contributed by atoms with E-state index in [1.807, 2.05) is 0 Å². The fourth-order valence-electron chi connectivity index (χ4n) is 3.98. The highest BCUT2D eigenvalue weighted by atomic mass is 79.9. The molecule has 0 fully saturated rings. The Kier molecular flexibility index (Phi) is 5.90. The molecule has 2 aromatic heterocycles. The van der Waals surface area contributed by atoms with Gasteiger partial charge < -0.3 is 18.3 Å². The molecule has 0 aliphatic heterocycles. The number of aryl methyl sites for hydroxylation is 1. The van der Waals surface area contributed by atoms with E-state index in [0.29, 0.717) is 49.0 Å². The predicted molar refractivity (Wildman–Crippen MR) is 134 cm³/mol. The van der Waals surface area contributed by atoms with E-state index >= 15 is 0 Å². The molecule has 35 heavy (non-hydrogen) atoms. The Morgan fingerprint density at radius 2 is 1.74 bits per heavy atom. The van der Waals surface area contributed by atoms with Crippen molar-refractivity contribution < 1.29 is 22.7 Å². The van der Waals surface area contributed by atoms with Gasteiger partial charge in [0.1, 0.15) is 23.8 Å². The number of benzene rings is 3. The topological polar surface area (TPSA) is 78.9 Å². The van der Waals surface area contributed by atoms with Crippen LogP contribution in [0.3, 0.4) is 0 Å². The van der Waals surface area contributed by atoms with Gasteiger partial charge in [-0.1, -0.05) is 34.1 Å². The van der Waals surface area contributed by atoms with E-state index in [0.717, 1.165) is 0 Å². The number of hydrogen-bond donors (Lipinski definition) is 0. The van der Waals surface area contributed by atoms with E-state index < -0.39 is 17.1 Å². The molecule has 0 atom stereocenters. The van der Waals surface area contributed by atoms with Crippen LogP contribution in [0.5, 0.6) is 11.5 Å². The van der Waals surface area contributed by atoms with Crippen LogP contribution in [-0.2, 0) is 6.61 Å². The summed E-state index contributed by atoms with van der Waals surface area (Å²) in [5.74, 6) is 0.463. The molecule has 5 aromatic rings. The zero-order valence-electron chi connectivity index (χ0n) is 18.7. The van der Waals surface area contributed by atoms with Crippen molar-refractivity contribution in [2.24, 2.45) is 0 Å². The lowest BCUT2D eigenvalue weighted by molar-refractivity contribution is 0.297. The second kappa shape index (κ2) is 9.03. The number of para-hydroxylation sites is 1. The molecule has 0 unspecified atom stereocenters. The van der Waals surface area contributed by atoms with Gasteiger partial charge in [-0.2, -0.15) is 0 Å². The van der Waals surface area contributed by atoms with Gasteiger partial charge in [-0.15, -0.1) is 0 Å². The normalized spacial score (nSPS) is 11.2. The fraction of sp³-hybridized carbons (Fsp3) is 0.111. The molecule has 0 N–H and O–H groups in total. The van der Waals surface area contributed by atoms with Crippen molar-refractivity contribution in [3.8, 4) is 22.6 Å². The maximum Gasteiger partial charge on any atom is 0.344 e. The molecule has 0 spiro atoms. The van der Waals surface area contributed by atoms with Gasteiger partial charge in [-0.3, -0.25) is 0 Å². The summed E-state index contributed by atoms with van der Waals surface area (Å²) in [6.07, 6.45) is 0. The van der Waals surface area contributed by atoms with Gasteiger partial charge in [-0.25, -0.2) is 14.0 Å². The van der Waals surface area contributed by atoms with Crippen molar-refractivity contribution in [1.29, 1.82) is 0 Å². The average Bonchev–Trinajstić information content (AvgIpc) is 2.83. The van der Waals surface area contributed by atoms with Crippen LogP contribution in [-0.4, -0.2) is 7.11 Å². The van der Waals surface area contributed by atoms with Gasteiger partial charge in [-0.05, 0) is 43.3 Å². The summed E-state index contributed by atoms with van der Waals surface area (Å²) >= 11 is 3.23. The zero-order chi connectivity index (χ0) is 24.7. The van der Waals surface area contributed by atoms with Crippen molar-refractivity contribution in [3.63, 3.8) is 0 Å². The van der Waals surface area contributed by atoms with E-state index in [-0.39, 0.29) is 17.8 Å². The molecular formula is C27H18BrFO6. The Morgan fingerprint density at radius 3 is 2.51 bits per heavy atom. The highest BCUT2D eigenvalue weighted by Crippen LogP contribution is 2.34. The van der Waals surface area contributed by atoms with Crippen molar-refractivity contribution >= 4 is 37.9 Å². The molecule has 0 saturated heterocycles. The summed E-state index contributed by atoms with van der Waals surface area (Å²) < 4.78 is 36.9. The first-order valence-corrected chi connectivity index (χ1v) is 11.4. The van der Waals surface area contributed by atoms with Crippen LogP contribution in [0.4, 0.5) is 4.39 Å². The van der Waals surface area contributed by atoms with E-state index in [2.05, 4.69) is 15.9 Å². The standard InChI is InChI=1S/C27H18BrFO6/c1-14-22(33-13-16-6-7-17(28)11-21(16)29)9-8-18-19(12-24(30)34-25(14)18)20-10-15-4-3-5-23(32-2)26(15)35-27(20)31/h3-12H,13H2,1-2H3. The second-order valence-corrected chi connectivity index (χ2v) is 8.81. The highest BCUT2D eigenvalue weighted by molar-refractivity contribution is 9.10. The van der Waals surface area contributed by atoms with Crippen LogP contribution in [0.15, 0.2) is 83.6 Å². The Morgan fingerprint density at radius 1 is 0.914 bits per heavy atom. The molecule has 0 aliphatic carbocycles. The van der Waals surface area contributed by atoms with E-state index in [1.54, 1.807) is 55.5 Å². The number of hydrogen-bond acceptors (Lipinski definition) is 6. The minimum absolute atomic E-state index is 0.00845. The number of methoxy groups -OCH3 is 1. The van der Waals surface area contributed by atoms with Crippen LogP contribution in [0.25, 0.3) is 33.1 Å². The molecule has 0 bridgehead atoms. The van der Waals surface area contributed by atoms with Crippen molar-refractivity contribution in [2.75, 3.05) is 7.11 Å². The van der Waals surface area contributed by atoms with Gasteiger partial charge in [0, 0.05) is 38.0 Å². The molecule has 5 rings (SSSR count). The van der Waals surface area contributed by atoms with Crippen LogP contribution in [0.1, 0.15) is 11.1 Å². The summed E-state index contributed by atoms with van der Waals surface area (Å²) in [5, 5.41) is 1.19. The summed E-state index contributed by atoms with van der Waals surface area (Å²) in [6, 6.07) is 16.3. The van der Waals surface area contributed by atoms with E-state index in [9.17, 15) is 14.0 Å². The van der Waals surface area contributed by atoms with Gasteiger partial charge in [0.2, 0.25) is 0 Å². The largest absolute Gasteiger partial charge is 0.493 e. The Balaban J connectivity index is 1.61. The zero-order valence-corrected chi connectivity index (χ0v) is 20.3. The number of ether oxygens (including phenoxy) is 2. The Hall–Kier alpha value is -3.91. The summed E-state index contributed by atoms with van der Waals surface area (Å²) in [7, 11) is 1.49. The minimum atomic E-state index is -0.628. The third-order valence-corrected chi connectivity index (χ3v) is 6.24. The summed E-state index contributed by atoms with van der Waals surface area (Å²) in [6.45, 7) is 1.72. The Bertz CT molecular complexity index is 1720. The summed E-state index contributed by atoms with van der Waals surface area (Å²) in [5.41, 5.74) is 0.874. The molecular weight excluding hydrogens is 519 g/mol. The minimum Gasteiger partial charge on any atom is -0.493 e. The Labute approximate surface area is 206 Å². The highest BCUT2D eigenvalue weighted by Gasteiger charge is 2.18. The third-order valence-electron chi connectivity index (χ3n) is 5.74. The van der Waals surface area contributed by atoms with Crippen LogP contribution in [0.2, 0.25) is 0 Å². The second-order valence-electron chi connectivity index (χ2n) is 7.90. The number of fused-ring (bicyclic) bond motifs is 2. The van der Waals surface area contributed by atoms with Crippen molar-refractivity contribution in [3.05, 3.63) is 103 Å². The van der Waals surface area contributed by atoms with E-state index in [4.69, 9.17) is 18.3 Å². The van der Waals surface area contributed by atoms with Crippen LogP contribution < -0.4 is 20.7 Å². The van der Waals surface area contributed by atoms with Crippen LogP contribution >= 0.6 is 15.9 Å². The van der Waals surface area contributed by atoms with Gasteiger partial charge in [0.05, 0.1) is 12.7 Å². The van der Waals surface area contributed by atoms with Gasteiger partial charge >= 0.3 is 11.3 Å². The quantitative estimate of drug-likeness (QED) is 0.243. The third kappa shape index (κ3) is 4.21. The first-order valence-electron chi connectivity index (χ1n) is 10.6. The first-order chi connectivity index (χ1) is 16.9.